The van der Waals surface area contributed by atoms with Crippen molar-refractivity contribution in [1.82, 2.24) is 9.80 Å². The molecule has 2 fully saturated rings. The fourth-order valence-corrected chi connectivity index (χ4v) is 4.18. The highest BCUT2D eigenvalue weighted by molar-refractivity contribution is 6.34. The van der Waals surface area contributed by atoms with Crippen molar-refractivity contribution in [3.8, 4) is 0 Å². The van der Waals surface area contributed by atoms with Gasteiger partial charge in [-0.05, 0) is 55.2 Å². The molecule has 6 nitrogen and oxygen atoms in total. The van der Waals surface area contributed by atoms with E-state index in [1.807, 2.05) is 25.1 Å². The number of halogens is 1. The van der Waals surface area contributed by atoms with Gasteiger partial charge < -0.3 is 15.1 Å². The molecular weight excluding hydrogens is 390 g/mol. The number of hydrogen-bond acceptors (Lipinski definition) is 3. The Bertz CT molecular complexity index is 974. The zero-order valence-electron chi connectivity index (χ0n) is 16.2. The van der Waals surface area contributed by atoms with E-state index in [-0.39, 0.29) is 30.3 Å². The average Bonchev–Trinajstić information content (AvgIpc) is 3.19. The Labute approximate surface area is 174 Å². The Morgan fingerprint density at radius 3 is 2.66 bits per heavy atom. The molecule has 0 spiro atoms. The quantitative estimate of drug-likeness (QED) is 0.839. The third-order valence-electron chi connectivity index (χ3n) is 5.46. The molecule has 0 aromatic heterocycles. The summed E-state index contributed by atoms with van der Waals surface area (Å²) >= 11 is 6.18. The molecule has 2 aliphatic heterocycles. The van der Waals surface area contributed by atoms with E-state index in [1.165, 1.54) is 0 Å². The molecule has 0 bridgehead atoms. The predicted molar refractivity (Wildman–Crippen MR) is 111 cm³/mol. The third kappa shape index (κ3) is 3.98. The van der Waals surface area contributed by atoms with E-state index in [0.29, 0.717) is 29.4 Å². The van der Waals surface area contributed by atoms with Crippen LogP contribution in [0.25, 0.3) is 0 Å². The second-order valence-corrected chi connectivity index (χ2v) is 7.98. The van der Waals surface area contributed by atoms with Crippen molar-refractivity contribution in [2.24, 2.45) is 0 Å². The van der Waals surface area contributed by atoms with Gasteiger partial charge in [0.25, 0.3) is 5.91 Å². The van der Waals surface area contributed by atoms with Gasteiger partial charge in [0, 0.05) is 18.7 Å². The molecule has 7 heteroatoms. The Hall–Kier alpha value is -2.86. The van der Waals surface area contributed by atoms with Crippen LogP contribution in [0.5, 0.6) is 0 Å². The van der Waals surface area contributed by atoms with E-state index in [1.54, 1.807) is 34.1 Å². The van der Waals surface area contributed by atoms with E-state index >= 15 is 0 Å². The Balaban J connectivity index is 1.42. The van der Waals surface area contributed by atoms with Gasteiger partial charge in [0.15, 0.2) is 0 Å². The lowest BCUT2D eigenvalue weighted by molar-refractivity contribution is -0.154. The van der Waals surface area contributed by atoms with Crippen LogP contribution in [0.1, 0.15) is 34.3 Å². The summed E-state index contributed by atoms with van der Waals surface area (Å²) in [7, 11) is 0. The van der Waals surface area contributed by atoms with E-state index in [0.717, 1.165) is 24.0 Å². The molecule has 150 valence electrons. The van der Waals surface area contributed by atoms with Crippen LogP contribution in [0.4, 0.5) is 5.69 Å². The number of piperazine rings is 1. The third-order valence-corrected chi connectivity index (χ3v) is 5.77. The summed E-state index contributed by atoms with van der Waals surface area (Å²) in [4.78, 5) is 40.7. The molecule has 1 N–H and O–H groups in total. The Morgan fingerprint density at radius 2 is 1.93 bits per heavy atom. The molecule has 0 radical (unpaired) electrons. The number of rotatable bonds is 4. The van der Waals surface area contributed by atoms with Crippen LogP contribution in [-0.4, -0.2) is 46.7 Å². The number of benzene rings is 2. The minimum Gasteiger partial charge on any atom is -0.329 e. The van der Waals surface area contributed by atoms with E-state index in [4.69, 9.17) is 11.6 Å². The van der Waals surface area contributed by atoms with Gasteiger partial charge in [0.2, 0.25) is 11.8 Å². The smallest absolute Gasteiger partial charge is 0.255 e. The number of carbonyl (C=O) groups excluding carboxylic acids is 3. The van der Waals surface area contributed by atoms with Crippen molar-refractivity contribution < 1.29 is 14.4 Å². The summed E-state index contributed by atoms with van der Waals surface area (Å²) in [5.41, 5.74) is 2.95. The van der Waals surface area contributed by atoms with Crippen LogP contribution in [0.3, 0.4) is 0 Å². The van der Waals surface area contributed by atoms with Crippen LogP contribution < -0.4 is 5.32 Å². The maximum Gasteiger partial charge on any atom is 0.255 e. The standard InChI is InChI=1S/C22H22ClN3O3/c1-14-4-9-18(17(23)11-14)24-21(28)16-7-5-15(6-8-16)12-25-13-20(27)26-10-2-3-19(26)22(25)29/h4-9,11,19H,2-3,10,12-13H2,1H3,(H,24,28)/t19-/m0/s1. The van der Waals surface area contributed by atoms with Crippen molar-refractivity contribution in [2.75, 3.05) is 18.4 Å². The first-order chi connectivity index (χ1) is 13.9. The predicted octanol–water partition coefficient (Wildman–Crippen LogP) is 3.23. The number of nitrogens with zero attached hydrogens (tertiary/aromatic N) is 2. The number of carbonyl (C=O) groups is 3. The second-order valence-electron chi connectivity index (χ2n) is 7.57. The highest BCUT2D eigenvalue weighted by Crippen LogP contribution is 2.25. The van der Waals surface area contributed by atoms with Gasteiger partial charge in [-0.3, -0.25) is 14.4 Å². The molecule has 4 rings (SSSR count). The summed E-state index contributed by atoms with van der Waals surface area (Å²) in [6.07, 6.45) is 1.62. The Morgan fingerprint density at radius 1 is 1.17 bits per heavy atom. The largest absolute Gasteiger partial charge is 0.329 e. The lowest BCUT2D eigenvalue weighted by atomic mass is 10.1. The molecule has 3 amide bonds. The summed E-state index contributed by atoms with van der Waals surface area (Å²) in [5, 5.41) is 3.30. The Kier molecular flexibility index (Phi) is 5.28. The number of nitrogens with one attached hydrogen (secondary N) is 1. The number of anilines is 1. The minimum absolute atomic E-state index is 0.0120. The van der Waals surface area contributed by atoms with Crippen LogP contribution in [-0.2, 0) is 16.1 Å². The molecule has 2 aromatic rings. The molecule has 1 atom stereocenters. The van der Waals surface area contributed by atoms with E-state index < -0.39 is 0 Å². The first kappa shape index (κ1) is 19.5. The molecule has 2 heterocycles. The van der Waals surface area contributed by atoms with Crippen molar-refractivity contribution in [3.63, 3.8) is 0 Å². The minimum atomic E-state index is -0.305. The highest BCUT2D eigenvalue weighted by Gasteiger charge is 2.41. The monoisotopic (exact) mass is 411 g/mol. The summed E-state index contributed by atoms with van der Waals surface area (Å²) < 4.78 is 0. The molecule has 2 aliphatic rings. The maximum atomic E-state index is 12.6. The van der Waals surface area contributed by atoms with Gasteiger partial charge in [-0.2, -0.15) is 0 Å². The van der Waals surface area contributed by atoms with E-state index in [9.17, 15) is 14.4 Å². The van der Waals surface area contributed by atoms with Crippen LogP contribution >= 0.6 is 11.6 Å². The summed E-state index contributed by atoms with van der Waals surface area (Å²) in [6.45, 7) is 3.09. The molecule has 2 saturated heterocycles. The van der Waals surface area contributed by atoms with Gasteiger partial charge in [-0.15, -0.1) is 0 Å². The van der Waals surface area contributed by atoms with Gasteiger partial charge in [-0.25, -0.2) is 0 Å². The number of fused-ring (bicyclic) bond motifs is 1. The summed E-state index contributed by atoms with van der Waals surface area (Å²) in [5.74, 6) is -0.232. The van der Waals surface area contributed by atoms with Crippen molar-refractivity contribution in [1.29, 1.82) is 0 Å². The van der Waals surface area contributed by atoms with E-state index in [2.05, 4.69) is 5.32 Å². The zero-order chi connectivity index (χ0) is 20.5. The van der Waals surface area contributed by atoms with Gasteiger partial charge in [0.05, 0.1) is 10.7 Å². The first-order valence-corrected chi connectivity index (χ1v) is 10.0. The lowest BCUT2D eigenvalue weighted by Gasteiger charge is -2.36. The van der Waals surface area contributed by atoms with Crippen molar-refractivity contribution >= 4 is 35.0 Å². The van der Waals surface area contributed by atoms with Crippen LogP contribution in [0.2, 0.25) is 5.02 Å². The molecule has 29 heavy (non-hydrogen) atoms. The first-order valence-electron chi connectivity index (χ1n) is 9.67. The van der Waals surface area contributed by atoms with Gasteiger partial charge in [0.1, 0.15) is 12.6 Å². The maximum absolute atomic E-state index is 12.6. The fraction of sp³-hybridized carbons (Fsp3) is 0.318. The van der Waals surface area contributed by atoms with Crippen molar-refractivity contribution in [3.05, 3.63) is 64.2 Å². The summed E-state index contributed by atoms with van der Waals surface area (Å²) in [6, 6.07) is 12.2. The second kappa shape index (κ2) is 7.87. The van der Waals surface area contributed by atoms with Crippen LogP contribution in [0.15, 0.2) is 42.5 Å². The fourth-order valence-electron chi connectivity index (χ4n) is 3.90. The topological polar surface area (TPSA) is 69.7 Å². The molecule has 0 saturated carbocycles. The number of hydrogen-bond donors (Lipinski definition) is 1. The average molecular weight is 412 g/mol. The van der Waals surface area contributed by atoms with Crippen LogP contribution in [0, 0.1) is 6.92 Å². The molecule has 0 unspecified atom stereocenters. The highest BCUT2D eigenvalue weighted by atomic mass is 35.5. The molecule has 0 aliphatic carbocycles. The normalized spacial score (nSPS) is 18.8. The lowest BCUT2D eigenvalue weighted by Crippen LogP contribution is -2.56. The molecular formula is C22H22ClN3O3. The SMILES string of the molecule is Cc1ccc(NC(=O)c2ccc(CN3CC(=O)N4CCC[C@H]4C3=O)cc2)c(Cl)c1. The number of amides is 3. The number of aryl methyl sites for hydroxylation is 1. The van der Waals surface area contributed by atoms with Crippen molar-refractivity contribution in [2.45, 2.75) is 32.4 Å². The van der Waals surface area contributed by atoms with Gasteiger partial charge >= 0.3 is 0 Å². The zero-order valence-corrected chi connectivity index (χ0v) is 16.9. The van der Waals surface area contributed by atoms with Gasteiger partial charge in [-0.1, -0.05) is 29.8 Å². The molecule has 2 aromatic carbocycles.